The SMILES string of the molecule is CCCNC(CCOCCCC(F)(F)F)C(=O)OCC. The van der Waals surface area contributed by atoms with Crippen molar-refractivity contribution in [2.45, 2.75) is 51.7 Å². The van der Waals surface area contributed by atoms with Crippen LogP contribution in [-0.2, 0) is 14.3 Å². The molecule has 0 aliphatic rings. The molecule has 1 unspecified atom stereocenters. The minimum atomic E-state index is -4.14. The smallest absolute Gasteiger partial charge is 0.389 e. The van der Waals surface area contributed by atoms with Crippen LogP contribution in [0.3, 0.4) is 0 Å². The molecule has 0 fully saturated rings. The Labute approximate surface area is 118 Å². The van der Waals surface area contributed by atoms with Crippen LogP contribution < -0.4 is 5.32 Å². The van der Waals surface area contributed by atoms with Gasteiger partial charge in [0.15, 0.2) is 0 Å². The Morgan fingerprint density at radius 1 is 1.25 bits per heavy atom. The lowest BCUT2D eigenvalue weighted by atomic mass is 10.2. The van der Waals surface area contributed by atoms with E-state index in [9.17, 15) is 18.0 Å². The summed E-state index contributed by atoms with van der Waals surface area (Å²) < 4.78 is 45.7. The van der Waals surface area contributed by atoms with Crippen LogP contribution in [-0.4, -0.2) is 44.6 Å². The second kappa shape index (κ2) is 10.9. The van der Waals surface area contributed by atoms with Crippen molar-refractivity contribution in [1.82, 2.24) is 5.32 Å². The molecule has 0 aromatic heterocycles. The Bertz CT molecular complexity index is 260. The summed E-state index contributed by atoms with van der Waals surface area (Å²) in [6.45, 7) is 4.96. The van der Waals surface area contributed by atoms with Gasteiger partial charge >= 0.3 is 12.1 Å². The van der Waals surface area contributed by atoms with Crippen molar-refractivity contribution in [2.24, 2.45) is 0 Å². The van der Waals surface area contributed by atoms with Crippen LogP contribution in [0.4, 0.5) is 13.2 Å². The van der Waals surface area contributed by atoms with Crippen molar-refractivity contribution < 1.29 is 27.4 Å². The average Bonchev–Trinajstić information content (AvgIpc) is 2.36. The summed E-state index contributed by atoms with van der Waals surface area (Å²) in [5, 5.41) is 3.03. The molecule has 0 rings (SSSR count). The molecule has 0 saturated carbocycles. The first-order chi connectivity index (χ1) is 9.40. The highest BCUT2D eigenvalue weighted by Crippen LogP contribution is 2.20. The van der Waals surface area contributed by atoms with Gasteiger partial charge in [-0.1, -0.05) is 6.92 Å². The van der Waals surface area contributed by atoms with E-state index >= 15 is 0 Å². The average molecular weight is 299 g/mol. The zero-order chi connectivity index (χ0) is 15.4. The molecule has 120 valence electrons. The van der Waals surface area contributed by atoms with Gasteiger partial charge in [0.25, 0.3) is 0 Å². The summed E-state index contributed by atoms with van der Waals surface area (Å²) in [6.07, 6.45) is -3.77. The maximum absolute atomic E-state index is 11.9. The Morgan fingerprint density at radius 3 is 2.50 bits per heavy atom. The van der Waals surface area contributed by atoms with Gasteiger partial charge in [0.2, 0.25) is 0 Å². The van der Waals surface area contributed by atoms with E-state index in [1.54, 1.807) is 6.92 Å². The van der Waals surface area contributed by atoms with Gasteiger partial charge in [0, 0.05) is 19.6 Å². The molecule has 0 aromatic carbocycles. The molecule has 0 radical (unpaired) electrons. The molecule has 0 saturated heterocycles. The van der Waals surface area contributed by atoms with E-state index in [0.29, 0.717) is 19.6 Å². The van der Waals surface area contributed by atoms with Gasteiger partial charge < -0.3 is 14.8 Å². The molecule has 20 heavy (non-hydrogen) atoms. The second-order valence-electron chi connectivity index (χ2n) is 4.38. The van der Waals surface area contributed by atoms with Crippen LogP contribution >= 0.6 is 0 Å². The monoisotopic (exact) mass is 299 g/mol. The molecule has 4 nitrogen and oxygen atoms in total. The molecule has 0 spiro atoms. The topological polar surface area (TPSA) is 47.6 Å². The molecule has 0 amide bonds. The van der Waals surface area contributed by atoms with Crippen molar-refractivity contribution in [3.05, 3.63) is 0 Å². The van der Waals surface area contributed by atoms with Crippen molar-refractivity contribution >= 4 is 5.97 Å². The van der Waals surface area contributed by atoms with Crippen LogP contribution in [0.25, 0.3) is 0 Å². The number of rotatable bonds is 11. The molecule has 0 aliphatic carbocycles. The summed E-state index contributed by atoms with van der Waals surface area (Å²) in [6, 6.07) is -0.461. The number of hydrogen-bond acceptors (Lipinski definition) is 4. The van der Waals surface area contributed by atoms with E-state index in [4.69, 9.17) is 9.47 Å². The van der Waals surface area contributed by atoms with E-state index in [1.165, 1.54) is 0 Å². The van der Waals surface area contributed by atoms with Crippen LogP contribution in [0.15, 0.2) is 0 Å². The predicted octanol–water partition coefficient (Wildman–Crippen LogP) is 2.67. The zero-order valence-electron chi connectivity index (χ0n) is 12.1. The first kappa shape index (κ1) is 19.2. The Hall–Kier alpha value is -0.820. The second-order valence-corrected chi connectivity index (χ2v) is 4.38. The van der Waals surface area contributed by atoms with Gasteiger partial charge in [0.1, 0.15) is 6.04 Å². The molecule has 1 atom stereocenters. The van der Waals surface area contributed by atoms with Gasteiger partial charge in [0.05, 0.1) is 6.61 Å². The third-order valence-corrected chi connectivity index (χ3v) is 2.51. The zero-order valence-corrected chi connectivity index (χ0v) is 12.1. The van der Waals surface area contributed by atoms with E-state index in [2.05, 4.69) is 5.32 Å². The summed E-state index contributed by atoms with van der Waals surface area (Å²) in [7, 11) is 0. The van der Waals surface area contributed by atoms with Crippen molar-refractivity contribution in [3.63, 3.8) is 0 Å². The van der Waals surface area contributed by atoms with Crippen LogP contribution in [0, 0.1) is 0 Å². The lowest BCUT2D eigenvalue weighted by molar-refractivity contribution is -0.146. The number of halogens is 3. The molecule has 7 heteroatoms. The number of carbonyl (C=O) groups is 1. The van der Waals surface area contributed by atoms with E-state index < -0.39 is 18.6 Å². The highest BCUT2D eigenvalue weighted by Gasteiger charge is 2.26. The summed E-state index contributed by atoms with van der Waals surface area (Å²) >= 11 is 0. The Morgan fingerprint density at radius 2 is 1.95 bits per heavy atom. The number of alkyl halides is 3. The standard InChI is InChI=1S/C13H24F3NO3/c1-3-8-17-11(12(18)20-4-2)6-10-19-9-5-7-13(14,15)16/h11,17H,3-10H2,1-2H3. The molecule has 0 aromatic rings. The molecular formula is C13H24F3NO3. The largest absolute Gasteiger partial charge is 0.465 e. The van der Waals surface area contributed by atoms with Gasteiger partial charge in [-0.05, 0) is 32.7 Å². The van der Waals surface area contributed by atoms with E-state index in [-0.39, 0.29) is 25.6 Å². The summed E-state index contributed by atoms with van der Waals surface area (Å²) in [4.78, 5) is 11.6. The Balaban J connectivity index is 3.81. The fourth-order valence-corrected chi connectivity index (χ4v) is 1.54. The number of hydrogen-bond donors (Lipinski definition) is 1. The number of ether oxygens (including phenoxy) is 2. The summed E-state index contributed by atoms with van der Waals surface area (Å²) in [5.41, 5.74) is 0. The molecular weight excluding hydrogens is 275 g/mol. The van der Waals surface area contributed by atoms with Crippen molar-refractivity contribution in [3.8, 4) is 0 Å². The maximum atomic E-state index is 11.9. The summed E-state index contributed by atoms with van der Waals surface area (Å²) in [5.74, 6) is -0.347. The highest BCUT2D eigenvalue weighted by atomic mass is 19.4. The maximum Gasteiger partial charge on any atom is 0.389 e. The first-order valence-corrected chi connectivity index (χ1v) is 6.95. The molecule has 0 aliphatic heterocycles. The van der Waals surface area contributed by atoms with Gasteiger partial charge in [-0.25, -0.2) is 0 Å². The third kappa shape index (κ3) is 11.0. The van der Waals surface area contributed by atoms with Gasteiger partial charge in [-0.2, -0.15) is 13.2 Å². The minimum Gasteiger partial charge on any atom is -0.465 e. The molecule has 1 N–H and O–H groups in total. The number of esters is 1. The van der Waals surface area contributed by atoms with Crippen molar-refractivity contribution in [1.29, 1.82) is 0 Å². The lowest BCUT2D eigenvalue weighted by Crippen LogP contribution is -2.39. The van der Waals surface area contributed by atoms with Crippen LogP contribution in [0.2, 0.25) is 0 Å². The quantitative estimate of drug-likeness (QED) is 0.471. The van der Waals surface area contributed by atoms with Crippen LogP contribution in [0.5, 0.6) is 0 Å². The van der Waals surface area contributed by atoms with E-state index in [0.717, 1.165) is 6.42 Å². The fraction of sp³-hybridized carbons (Fsp3) is 0.923. The fourth-order valence-electron chi connectivity index (χ4n) is 1.54. The number of carbonyl (C=O) groups excluding carboxylic acids is 1. The third-order valence-electron chi connectivity index (χ3n) is 2.51. The van der Waals surface area contributed by atoms with Gasteiger partial charge in [-0.3, -0.25) is 4.79 Å². The molecule has 0 heterocycles. The normalized spacial score (nSPS) is 13.2. The molecule has 0 bridgehead atoms. The van der Waals surface area contributed by atoms with E-state index in [1.807, 2.05) is 6.92 Å². The Kier molecular flexibility index (Phi) is 10.5. The van der Waals surface area contributed by atoms with Gasteiger partial charge in [-0.15, -0.1) is 0 Å². The number of nitrogens with one attached hydrogen (secondary N) is 1. The van der Waals surface area contributed by atoms with Crippen molar-refractivity contribution in [2.75, 3.05) is 26.4 Å². The minimum absolute atomic E-state index is 0.0445. The highest BCUT2D eigenvalue weighted by molar-refractivity contribution is 5.75. The predicted molar refractivity (Wildman–Crippen MR) is 69.4 cm³/mol. The lowest BCUT2D eigenvalue weighted by Gasteiger charge is -2.17. The first-order valence-electron chi connectivity index (χ1n) is 6.95. The van der Waals surface area contributed by atoms with Crippen LogP contribution in [0.1, 0.15) is 39.5 Å².